The first-order chi connectivity index (χ1) is 7.00. The maximum absolute atomic E-state index is 10.8. The molecule has 0 aliphatic heterocycles. The zero-order valence-corrected chi connectivity index (χ0v) is 8.28. The van der Waals surface area contributed by atoms with Crippen LogP contribution in [0.1, 0.15) is 0 Å². The van der Waals surface area contributed by atoms with Crippen LogP contribution in [0.4, 0.5) is 0 Å². The second-order valence-corrected chi connectivity index (χ2v) is 4.35. The molecule has 0 aliphatic rings. The Morgan fingerprint density at radius 3 is 2.60 bits per heavy atom. The quantitative estimate of drug-likeness (QED) is 0.705. The van der Waals surface area contributed by atoms with E-state index < -0.39 is 20.8 Å². The number of pyridine rings is 1. The first kappa shape index (κ1) is 9.88. The van der Waals surface area contributed by atoms with E-state index in [-0.39, 0.29) is 0 Å². The molecule has 0 atom stereocenters. The molecular formula is C9H7NO4S. The van der Waals surface area contributed by atoms with E-state index in [1.54, 1.807) is 18.2 Å². The molecule has 0 saturated carbocycles. The van der Waals surface area contributed by atoms with Gasteiger partial charge in [-0.1, -0.05) is 12.1 Å². The molecule has 0 unspecified atom stereocenters. The first-order valence-corrected chi connectivity index (χ1v) is 5.49. The molecule has 0 aliphatic carbocycles. The summed E-state index contributed by atoms with van der Waals surface area (Å²) in [5.41, 5.74) is 0.558. The average molecular weight is 225 g/mol. The number of aromatic nitrogens is 1. The highest BCUT2D eigenvalue weighted by atomic mass is 32.2. The Kier molecular flexibility index (Phi) is 2.09. The highest BCUT2D eigenvalue weighted by Gasteiger charge is 2.16. The fourth-order valence-corrected chi connectivity index (χ4v) is 1.90. The smallest absolute Gasteiger partial charge is 0.214 e. The fraction of sp³-hybridized carbons (Fsp3) is 0. The maximum atomic E-state index is 10.8. The Hall–Kier alpha value is -1.66. The summed E-state index contributed by atoms with van der Waals surface area (Å²) >= 11 is 0. The molecule has 0 spiro atoms. The lowest BCUT2D eigenvalue weighted by molar-refractivity contribution is -0.348. The molecule has 0 bridgehead atoms. The van der Waals surface area contributed by atoms with Crippen LogP contribution in [0.25, 0.3) is 10.9 Å². The Morgan fingerprint density at radius 1 is 1.27 bits per heavy atom. The zero-order chi connectivity index (χ0) is 11.1. The molecule has 0 saturated heterocycles. The van der Waals surface area contributed by atoms with Crippen molar-refractivity contribution in [1.82, 2.24) is 0 Å². The molecule has 0 fully saturated rings. The second kappa shape index (κ2) is 3.18. The fourth-order valence-electron chi connectivity index (χ4n) is 1.35. The third-order valence-electron chi connectivity index (χ3n) is 2.04. The number of hydrogen-bond acceptors (Lipinski definition) is 4. The molecule has 78 valence electrons. The summed E-state index contributed by atoms with van der Waals surface area (Å²) < 4.78 is 32.3. The van der Waals surface area contributed by atoms with Crippen LogP contribution >= 0.6 is 0 Å². The molecule has 1 aromatic heterocycles. The minimum atomic E-state index is -4.66. The Morgan fingerprint density at radius 2 is 1.93 bits per heavy atom. The van der Waals surface area contributed by atoms with Gasteiger partial charge in [-0.15, -0.1) is 0 Å². The van der Waals surface area contributed by atoms with Crippen molar-refractivity contribution in [1.29, 1.82) is 0 Å². The summed E-state index contributed by atoms with van der Waals surface area (Å²) in [5, 5.41) is 9.89. The van der Waals surface area contributed by atoms with Crippen molar-refractivity contribution in [3.05, 3.63) is 30.5 Å². The third kappa shape index (κ3) is 1.64. The van der Waals surface area contributed by atoms with E-state index in [4.69, 9.17) is 0 Å². The number of nitrogens with one attached hydrogen (secondary N) is 1. The van der Waals surface area contributed by atoms with Gasteiger partial charge in [0.05, 0.1) is 5.39 Å². The molecule has 2 aromatic rings. The van der Waals surface area contributed by atoms with E-state index in [1.807, 2.05) is 0 Å². The highest BCUT2D eigenvalue weighted by molar-refractivity contribution is 7.85. The zero-order valence-electron chi connectivity index (χ0n) is 7.47. The SMILES string of the molecule is O=S(=O)([O-])c1c[nH+]c2ccccc2c1O. The minimum Gasteiger partial charge on any atom is -0.744 e. The standard InChI is InChI=1S/C9H7NO4S/c11-9-6-3-1-2-4-7(6)10-5-8(9)15(12,13)14/h1-5H,(H,10,11)(H,12,13,14). The molecular weight excluding hydrogens is 218 g/mol. The predicted molar refractivity (Wildman–Crippen MR) is 50.1 cm³/mol. The van der Waals surface area contributed by atoms with Crippen LogP contribution in [0.2, 0.25) is 0 Å². The van der Waals surface area contributed by atoms with Crippen LogP contribution in [0.5, 0.6) is 5.75 Å². The number of rotatable bonds is 1. The van der Waals surface area contributed by atoms with Gasteiger partial charge in [0.1, 0.15) is 10.1 Å². The second-order valence-electron chi connectivity index (χ2n) is 3.00. The summed E-state index contributed by atoms with van der Waals surface area (Å²) in [6, 6.07) is 6.55. The minimum absolute atomic E-state index is 0.300. The van der Waals surface area contributed by atoms with Crippen LogP contribution in [-0.2, 0) is 10.1 Å². The molecule has 5 nitrogen and oxygen atoms in total. The van der Waals surface area contributed by atoms with E-state index >= 15 is 0 Å². The van der Waals surface area contributed by atoms with Gasteiger partial charge >= 0.3 is 0 Å². The van der Waals surface area contributed by atoms with Crippen LogP contribution in [0.3, 0.4) is 0 Å². The van der Waals surface area contributed by atoms with Gasteiger partial charge in [-0.2, -0.15) is 0 Å². The van der Waals surface area contributed by atoms with E-state index in [0.717, 1.165) is 6.20 Å². The number of hydrogen-bond donors (Lipinski definition) is 1. The molecule has 2 rings (SSSR count). The Labute approximate surface area is 85.8 Å². The van der Waals surface area contributed by atoms with Gasteiger partial charge < -0.3 is 9.66 Å². The molecule has 6 heteroatoms. The average Bonchev–Trinajstić information content (AvgIpc) is 2.16. The predicted octanol–water partition coefficient (Wildman–Crippen LogP) is 0.264. The number of fused-ring (bicyclic) bond motifs is 1. The lowest BCUT2D eigenvalue weighted by Crippen LogP contribution is -2.09. The number of para-hydroxylation sites is 1. The summed E-state index contributed by atoms with van der Waals surface area (Å²) in [6.07, 6.45) is 0.986. The van der Waals surface area contributed by atoms with Gasteiger partial charge in [0, 0.05) is 6.07 Å². The first-order valence-electron chi connectivity index (χ1n) is 4.08. The van der Waals surface area contributed by atoms with Crippen molar-refractivity contribution >= 4 is 21.0 Å². The number of H-pyrrole nitrogens is 1. The lowest BCUT2D eigenvalue weighted by Gasteiger charge is -2.07. The molecule has 0 amide bonds. The van der Waals surface area contributed by atoms with E-state index in [9.17, 15) is 18.1 Å². The van der Waals surface area contributed by atoms with E-state index in [1.165, 1.54) is 6.07 Å². The molecule has 1 heterocycles. The van der Waals surface area contributed by atoms with Gasteiger partial charge in [0.15, 0.2) is 16.8 Å². The van der Waals surface area contributed by atoms with Crippen LogP contribution in [-0.4, -0.2) is 18.1 Å². The summed E-state index contributed by atoms with van der Waals surface area (Å²) in [4.78, 5) is 1.99. The monoisotopic (exact) mass is 225 g/mol. The molecule has 15 heavy (non-hydrogen) atoms. The lowest BCUT2D eigenvalue weighted by atomic mass is 10.2. The van der Waals surface area contributed by atoms with Crippen molar-refractivity contribution in [2.24, 2.45) is 0 Å². The summed E-state index contributed by atoms with van der Waals surface area (Å²) in [7, 11) is -4.66. The summed E-state index contributed by atoms with van der Waals surface area (Å²) in [5.74, 6) is -0.514. The van der Waals surface area contributed by atoms with Gasteiger partial charge in [0.2, 0.25) is 5.52 Å². The van der Waals surface area contributed by atoms with Gasteiger partial charge in [-0.05, 0) is 6.07 Å². The number of benzene rings is 1. The normalized spacial score (nSPS) is 11.8. The van der Waals surface area contributed by atoms with Gasteiger partial charge in [-0.3, -0.25) is 0 Å². The van der Waals surface area contributed by atoms with Crippen molar-refractivity contribution in [3.8, 4) is 5.75 Å². The topological polar surface area (TPSA) is 91.6 Å². The van der Waals surface area contributed by atoms with Gasteiger partial charge in [-0.25, -0.2) is 13.4 Å². The molecule has 2 N–H and O–H groups in total. The third-order valence-corrected chi connectivity index (χ3v) is 2.89. The highest BCUT2D eigenvalue weighted by Crippen LogP contribution is 2.27. The van der Waals surface area contributed by atoms with Crippen LogP contribution < -0.4 is 4.98 Å². The van der Waals surface area contributed by atoms with Crippen LogP contribution in [0, 0.1) is 0 Å². The molecule has 1 aromatic carbocycles. The Balaban J connectivity index is 2.88. The van der Waals surface area contributed by atoms with Crippen LogP contribution in [0.15, 0.2) is 35.4 Å². The van der Waals surface area contributed by atoms with Crippen molar-refractivity contribution < 1.29 is 23.1 Å². The maximum Gasteiger partial charge on any atom is 0.214 e. The van der Waals surface area contributed by atoms with E-state index in [2.05, 4.69) is 4.98 Å². The summed E-state index contributed by atoms with van der Waals surface area (Å²) in [6.45, 7) is 0. The largest absolute Gasteiger partial charge is 0.744 e. The number of aromatic hydroxyl groups is 1. The van der Waals surface area contributed by atoms with Crippen molar-refractivity contribution in [3.63, 3.8) is 0 Å². The van der Waals surface area contributed by atoms with Gasteiger partial charge in [0.25, 0.3) is 0 Å². The molecule has 0 radical (unpaired) electrons. The van der Waals surface area contributed by atoms with E-state index in [0.29, 0.717) is 10.9 Å². The number of aromatic amines is 1. The van der Waals surface area contributed by atoms with Crippen molar-refractivity contribution in [2.75, 3.05) is 0 Å². The Bertz CT molecular complexity index is 621. The van der Waals surface area contributed by atoms with Crippen molar-refractivity contribution in [2.45, 2.75) is 4.90 Å².